The smallest absolute Gasteiger partial charge is 0.264 e. The molecular weight excluding hydrogens is 941 g/mol. The van der Waals surface area contributed by atoms with Gasteiger partial charge in [0.1, 0.15) is 5.75 Å². The molecule has 0 aliphatic carbocycles. The summed E-state index contributed by atoms with van der Waals surface area (Å²) in [4.78, 5) is 67.2. The minimum atomic E-state index is -2.72. The maximum atomic E-state index is 16.3. The van der Waals surface area contributed by atoms with Gasteiger partial charge in [0.2, 0.25) is 5.91 Å². The number of hydrogen-bond donors (Lipinski definition) is 1. The molecule has 8 aromatic carbocycles. The van der Waals surface area contributed by atoms with Gasteiger partial charge in [-0.3, -0.25) is 29.0 Å². The zero-order valence-electron chi connectivity index (χ0n) is 41.6. The number of ether oxygens (including phenoxy) is 2. The van der Waals surface area contributed by atoms with Crippen LogP contribution in [0.1, 0.15) is 56.3 Å². The van der Waals surface area contributed by atoms with E-state index in [1.54, 1.807) is 26.7 Å². The number of amides is 4. The van der Waals surface area contributed by atoms with E-state index in [2.05, 4.69) is 38.2 Å². The lowest BCUT2D eigenvalue weighted by Crippen LogP contribution is -2.52. The topological polar surface area (TPSA) is 120 Å². The SMILES string of the molecule is COc1ccc([Si](C)(C)[C@H]2[C@H](CC(=O)N3Cc4ccccc4C[C@H]3CO)O[C@@]3(C(=O)N(Cc4cccc(N5C(=O)c6cccc7cccc5c67)c4)c4ccc(N5C(=O)c6cccc7cccc5c67)cc43)[C@@H]2C)cc1. The molecule has 1 saturated heterocycles. The highest BCUT2D eigenvalue weighted by atomic mass is 28.3. The Morgan fingerprint density at radius 1 is 0.703 bits per heavy atom. The van der Waals surface area contributed by atoms with Gasteiger partial charge in [-0.15, -0.1) is 0 Å². The minimum absolute atomic E-state index is 0.00667. The maximum Gasteiger partial charge on any atom is 0.264 e. The number of fused-ring (bicyclic) bond motifs is 3. The molecule has 1 N–H and O–H groups in total. The fourth-order valence-electron chi connectivity index (χ4n) is 13.4. The van der Waals surface area contributed by atoms with Crippen LogP contribution < -0.4 is 24.6 Å². The van der Waals surface area contributed by atoms with Crippen LogP contribution in [0.15, 0.2) is 164 Å². The Labute approximate surface area is 430 Å². The molecular formula is C62H54N4O7Si. The summed E-state index contributed by atoms with van der Waals surface area (Å²) in [6.07, 6.45) is -0.183. The lowest BCUT2D eigenvalue weighted by molar-refractivity contribution is -0.151. The third-order valence-corrected chi connectivity index (χ3v) is 21.3. The van der Waals surface area contributed by atoms with Gasteiger partial charge in [0.25, 0.3) is 17.7 Å². The van der Waals surface area contributed by atoms with Crippen molar-refractivity contribution in [2.75, 3.05) is 28.4 Å². The first-order valence-corrected chi connectivity index (χ1v) is 28.6. The van der Waals surface area contributed by atoms with Gasteiger partial charge < -0.3 is 24.4 Å². The number of rotatable bonds is 10. The van der Waals surface area contributed by atoms with E-state index in [4.69, 9.17) is 9.47 Å². The second-order valence-electron chi connectivity index (χ2n) is 21.1. The number of methoxy groups -OCH3 is 1. The third-order valence-electron chi connectivity index (χ3n) is 17.0. The second kappa shape index (κ2) is 17.1. The largest absolute Gasteiger partial charge is 0.497 e. The first kappa shape index (κ1) is 45.9. The summed E-state index contributed by atoms with van der Waals surface area (Å²) in [5, 5.41) is 15.6. The van der Waals surface area contributed by atoms with Crippen LogP contribution in [0, 0.1) is 5.92 Å². The van der Waals surface area contributed by atoms with Crippen molar-refractivity contribution in [2.24, 2.45) is 5.92 Å². The number of hydrogen-bond acceptors (Lipinski definition) is 7. The second-order valence-corrected chi connectivity index (χ2v) is 25.8. The van der Waals surface area contributed by atoms with Gasteiger partial charge in [-0.2, -0.15) is 0 Å². The van der Waals surface area contributed by atoms with Crippen molar-refractivity contribution in [3.63, 3.8) is 0 Å². The molecule has 0 saturated carbocycles. The minimum Gasteiger partial charge on any atom is -0.497 e. The Hall–Kier alpha value is -7.90. The number of benzene rings is 8. The molecule has 74 heavy (non-hydrogen) atoms. The molecule has 368 valence electrons. The van der Waals surface area contributed by atoms with Crippen molar-refractivity contribution < 1.29 is 33.8 Å². The first-order chi connectivity index (χ1) is 35.9. The highest BCUT2D eigenvalue weighted by molar-refractivity contribution is 6.91. The molecule has 1 spiro atoms. The van der Waals surface area contributed by atoms with Crippen LogP contribution in [0.3, 0.4) is 0 Å². The van der Waals surface area contributed by atoms with Crippen LogP contribution in [0.5, 0.6) is 5.75 Å². The van der Waals surface area contributed by atoms with Gasteiger partial charge in [-0.25, -0.2) is 0 Å². The molecule has 12 heteroatoms. The molecule has 4 amide bonds. The van der Waals surface area contributed by atoms with E-state index < -0.39 is 31.7 Å². The van der Waals surface area contributed by atoms with Gasteiger partial charge in [-0.05, 0) is 106 Å². The number of aliphatic hydroxyl groups is 1. The zero-order chi connectivity index (χ0) is 50.8. The highest BCUT2D eigenvalue weighted by Gasteiger charge is 2.67. The molecule has 0 aromatic heterocycles. The lowest BCUT2D eigenvalue weighted by Gasteiger charge is -2.39. The predicted octanol–water partition coefficient (Wildman–Crippen LogP) is 10.7. The van der Waals surface area contributed by atoms with E-state index in [1.807, 2.05) is 146 Å². The van der Waals surface area contributed by atoms with Crippen LogP contribution in [0.25, 0.3) is 21.5 Å². The zero-order valence-corrected chi connectivity index (χ0v) is 42.6. The summed E-state index contributed by atoms with van der Waals surface area (Å²) >= 11 is 0. The fraction of sp³-hybridized carbons (Fsp3) is 0.226. The predicted molar refractivity (Wildman–Crippen MR) is 291 cm³/mol. The summed E-state index contributed by atoms with van der Waals surface area (Å²) in [5.41, 5.74) is 6.52. The van der Waals surface area contributed by atoms with Crippen LogP contribution in [0.2, 0.25) is 18.6 Å². The Morgan fingerprint density at radius 3 is 1.95 bits per heavy atom. The average molecular weight is 995 g/mol. The molecule has 13 rings (SSSR count). The first-order valence-electron chi connectivity index (χ1n) is 25.5. The van der Waals surface area contributed by atoms with E-state index in [1.165, 1.54) is 0 Å². The summed E-state index contributed by atoms with van der Waals surface area (Å²) in [5.74, 6) is -0.402. The van der Waals surface area contributed by atoms with Gasteiger partial charge in [0, 0.05) is 40.2 Å². The summed E-state index contributed by atoms with van der Waals surface area (Å²) in [7, 11) is -1.08. The van der Waals surface area contributed by atoms with E-state index in [0.717, 1.165) is 60.5 Å². The number of nitrogens with zero attached hydrogens (tertiary/aromatic N) is 4. The standard InChI is InChI=1S/C62H54N4O7Si/c1-37-58(74(3,4)47-27-25-46(72-2)26-28-47)54(33-55(68)63-35-42-14-6-5-13-41(42)31-45(63)36-67)73-62(37)50-32-44(66-53-23-11-18-40-16-9-21-49(57(40)53)60(66)70)24-29-51(50)64(61(62)71)34-38-12-7-19-43(30-38)65-52-22-10-17-39-15-8-20-48(56(39)52)59(65)69/h5-30,32,37,45,54,58,67H,31,33-36H2,1-4H3/t37-,45+,54+,58-,62+/m1/s1. The van der Waals surface area contributed by atoms with Crippen LogP contribution in [0.4, 0.5) is 28.4 Å². The Kier molecular flexibility index (Phi) is 10.6. The molecule has 5 atom stereocenters. The van der Waals surface area contributed by atoms with E-state index in [9.17, 15) is 14.7 Å². The Balaban J connectivity index is 0.937. The van der Waals surface area contributed by atoms with Crippen molar-refractivity contribution in [1.82, 2.24) is 4.90 Å². The van der Waals surface area contributed by atoms with Gasteiger partial charge in [0.15, 0.2) is 5.60 Å². The van der Waals surface area contributed by atoms with Crippen molar-refractivity contribution >= 4 is 86.9 Å². The normalized spacial score (nSPS) is 21.7. The summed E-state index contributed by atoms with van der Waals surface area (Å²) in [6, 6.07) is 52.9. The van der Waals surface area contributed by atoms with Gasteiger partial charge in [0.05, 0.1) is 75.1 Å². The van der Waals surface area contributed by atoms with Crippen LogP contribution in [-0.4, -0.2) is 67.6 Å². The van der Waals surface area contributed by atoms with Crippen molar-refractivity contribution in [1.29, 1.82) is 0 Å². The fourth-order valence-corrected chi connectivity index (χ4v) is 17.5. The van der Waals surface area contributed by atoms with Crippen molar-refractivity contribution in [3.05, 3.63) is 197 Å². The maximum absolute atomic E-state index is 16.3. The van der Waals surface area contributed by atoms with Gasteiger partial charge in [-0.1, -0.05) is 122 Å². The molecule has 0 radical (unpaired) electrons. The number of carbonyl (C=O) groups is 4. The number of aliphatic hydroxyl groups excluding tert-OH is 1. The third kappa shape index (κ3) is 6.70. The molecule has 11 nitrogen and oxygen atoms in total. The van der Waals surface area contributed by atoms with E-state index in [0.29, 0.717) is 46.7 Å². The molecule has 5 aliphatic heterocycles. The van der Waals surface area contributed by atoms with Gasteiger partial charge >= 0.3 is 0 Å². The molecule has 0 bridgehead atoms. The number of anilines is 5. The van der Waals surface area contributed by atoms with Crippen LogP contribution in [-0.2, 0) is 39.4 Å². The Bertz CT molecular complexity index is 3680. The average Bonchev–Trinajstić information content (AvgIpc) is 4.07. The van der Waals surface area contributed by atoms with E-state index in [-0.39, 0.29) is 48.7 Å². The quantitative estimate of drug-likeness (QED) is 0.136. The van der Waals surface area contributed by atoms with Crippen molar-refractivity contribution in [3.8, 4) is 5.75 Å². The van der Waals surface area contributed by atoms with E-state index >= 15 is 9.59 Å². The monoisotopic (exact) mass is 994 g/mol. The van der Waals surface area contributed by atoms with Crippen molar-refractivity contribution in [2.45, 2.75) is 69.2 Å². The Morgan fingerprint density at radius 2 is 1.31 bits per heavy atom. The number of carbonyl (C=O) groups excluding carboxylic acids is 4. The molecule has 0 unspecified atom stereocenters. The highest BCUT2D eigenvalue weighted by Crippen LogP contribution is 2.61. The lowest BCUT2D eigenvalue weighted by atomic mass is 9.82. The van der Waals surface area contributed by atoms with Crippen LogP contribution >= 0.6 is 0 Å². The summed E-state index contributed by atoms with van der Waals surface area (Å²) < 4.78 is 13.2. The summed E-state index contributed by atoms with van der Waals surface area (Å²) in [6.45, 7) is 7.02. The molecule has 5 aliphatic rings. The molecule has 8 aromatic rings. The molecule has 1 fully saturated rings. The molecule has 5 heterocycles.